The molecule has 0 spiro atoms. The van der Waals surface area contributed by atoms with Crippen LogP contribution in [0.3, 0.4) is 0 Å². The van der Waals surface area contributed by atoms with Crippen molar-refractivity contribution in [3.63, 3.8) is 0 Å². The van der Waals surface area contributed by atoms with E-state index < -0.39 is 0 Å². The predicted octanol–water partition coefficient (Wildman–Crippen LogP) is 0.552. The van der Waals surface area contributed by atoms with Crippen LogP contribution >= 0.6 is 0 Å². The van der Waals surface area contributed by atoms with Crippen LogP contribution < -0.4 is 0 Å². The maximum atomic E-state index is 4.82. The molecule has 0 aromatic rings. The molecule has 7 heavy (non-hydrogen) atoms. The van der Waals surface area contributed by atoms with Gasteiger partial charge in [-0.3, -0.25) is 0 Å². The Hall–Kier alpha value is 0.518. The van der Waals surface area contributed by atoms with Crippen LogP contribution in [-0.2, 0) is 24.1 Å². The third-order valence-corrected chi connectivity index (χ3v) is 1.54. The first-order valence-corrected chi connectivity index (χ1v) is 3.31. The summed E-state index contributed by atoms with van der Waals surface area (Å²) in [5, 5.41) is 0. The molecule has 0 aliphatic rings. The Morgan fingerprint density at radius 3 is 2.57 bits per heavy atom. The summed E-state index contributed by atoms with van der Waals surface area (Å²) in [6, 6.07) is 0. The number of ether oxygens (including phenoxy) is 1. The molecule has 0 aromatic heterocycles. The first-order chi connectivity index (χ1) is 3.31. The van der Waals surface area contributed by atoms with Crippen LogP contribution in [0.2, 0.25) is 0 Å². The molecular formula is C5H7OW. The van der Waals surface area contributed by atoms with Crippen molar-refractivity contribution in [1.82, 2.24) is 0 Å². The predicted molar refractivity (Wildman–Crippen MR) is 26.0 cm³/mol. The fourth-order valence-electron chi connectivity index (χ4n) is 0.164. The molecule has 39 valence electrons. The number of rotatable bonds is 3. The van der Waals surface area contributed by atoms with Gasteiger partial charge in [0.2, 0.25) is 0 Å². The third kappa shape index (κ3) is 4.37. The molecule has 0 aromatic carbocycles. The van der Waals surface area contributed by atoms with E-state index in [0.29, 0.717) is 0 Å². The van der Waals surface area contributed by atoms with Gasteiger partial charge in [0.25, 0.3) is 0 Å². The summed E-state index contributed by atoms with van der Waals surface area (Å²) in [6.07, 6.45) is 3.56. The van der Waals surface area contributed by atoms with Gasteiger partial charge in [-0.05, 0) is 0 Å². The summed E-state index contributed by atoms with van der Waals surface area (Å²) in [5.41, 5.74) is 0. The van der Waals surface area contributed by atoms with Crippen LogP contribution in [0.5, 0.6) is 0 Å². The summed E-state index contributed by atoms with van der Waals surface area (Å²) in [5.74, 6) is 0. The van der Waals surface area contributed by atoms with Crippen LogP contribution in [0.15, 0.2) is 0 Å². The summed E-state index contributed by atoms with van der Waals surface area (Å²) in [4.78, 5) is 0. The molecule has 3 radical (unpaired) electrons. The van der Waals surface area contributed by atoms with Gasteiger partial charge in [0.15, 0.2) is 0 Å². The second-order valence-corrected chi connectivity index (χ2v) is 2.37. The van der Waals surface area contributed by atoms with Gasteiger partial charge in [-0.25, -0.2) is 0 Å². The Balaban J connectivity index is 3.00. The molecule has 0 rings (SSSR count). The third-order valence-electron chi connectivity index (χ3n) is 0.455. The van der Waals surface area contributed by atoms with Gasteiger partial charge in [-0.1, -0.05) is 0 Å². The SMILES string of the molecule is [CH2][CH][CH][C](=[W])OC. The Kier molecular flexibility index (Phi) is 5.02. The molecule has 0 atom stereocenters. The fourth-order valence-corrected chi connectivity index (χ4v) is 0.510. The molecule has 2 heteroatoms. The zero-order chi connectivity index (χ0) is 5.70. The molecule has 0 bridgehead atoms. The zero-order valence-electron chi connectivity index (χ0n) is 4.18. The summed E-state index contributed by atoms with van der Waals surface area (Å²) < 4.78 is 5.79. The monoisotopic (exact) mass is 267 g/mol. The second kappa shape index (κ2) is 4.67. The van der Waals surface area contributed by atoms with E-state index in [0.717, 1.165) is 4.08 Å². The Morgan fingerprint density at radius 2 is 2.43 bits per heavy atom. The van der Waals surface area contributed by atoms with Crippen LogP contribution in [0.1, 0.15) is 0 Å². The average molecular weight is 267 g/mol. The van der Waals surface area contributed by atoms with E-state index in [1.54, 1.807) is 13.5 Å². The van der Waals surface area contributed by atoms with Gasteiger partial charge < -0.3 is 0 Å². The van der Waals surface area contributed by atoms with E-state index in [4.69, 9.17) is 4.74 Å². The average Bonchev–Trinajstić information content (AvgIpc) is 1.68. The van der Waals surface area contributed by atoms with Crippen molar-refractivity contribution in [3.05, 3.63) is 19.8 Å². The molecular weight excluding hydrogens is 260 g/mol. The van der Waals surface area contributed by atoms with Gasteiger partial charge in [-0.2, -0.15) is 0 Å². The van der Waals surface area contributed by atoms with Crippen molar-refractivity contribution >= 4 is 4.08 Å². The van der Waals surface area contributed by atoms with E-state index in [2.05, 4.69) is 6.92 Å². The molecule has 0 unspecified atom stereocenters. The Morgan fingerprint density at radius 1 is 1.86 bits per heavy atom. The molecule has 0 aliphatic carbocycles. The Bertz CT molecular complexity index is 61.1. The first kappa shape index (κ1) is 7.52. The van der Waals surface area contributed by atoms with Crippen LogP contribution in [-0.4, -0.2) is 11.2 Å². The van der Waals surface area contributed by atoms with Crippen LogP contribution in [0, 0.1) is 19.8 Å². The minimum absolute atomic E-state index is 0.968. The van der Waals surface area contributed by atoms with Crippen molar-refractivity contribution in [2.24, 2.45) is 0 Å². The van der Waals surface area contributed by atoms with Crippen LogP contribution in [0.25, 0.3) is 0 Å². The molecule has 0 saturated carbocycles. The van der Waals surface area contributed by atoms with E-state index in [-0.39, 0.29) is 0 Å². The Labute approximate surface area is 55.5 Å². The maximum absolute atomic E-state index is 4.82. The molecule has 0 aliphatic heterocycles. The van der Waals surface area contributed by atoms with E-state index in [1.807, 2.05) is 6.42 Å². The van der Waals surface area contributed by atoms with E-state index in [9.17, 15) is 0 Å². The first-order valence-electron chi connectivity index (χ1n) is 1.85. The second-order valence-electron chi connectivity index (χ2n) is 0.926. The quantitative estimate of drug-likeness (QED) is 0.725. The molecule has 0 heterocycles. The number of hydrogen-bond donors (Lipinski definition) is 0. The van der Waals surface area contributed by atoms with Crippen molar-refractivity contribution in [1.29, 1.82) is 0 Å². The summed E-state index contributed by atoms with van der Waals surface area (Å²) >= 11 is 1.33. The zero-order valence-corrected chi connectivity index (χ0v) is 7.11. The molecule has 0 fully saturated rings. The van der Waals surface area contributed by atoms with Gasteiger partial charge >= 0.3 is 55.0 Å². The minimum atomic E-state index is 0.968. The van der Waals surface area contributed by atoms with Crippen molar-refractivity contribution in [3.8, 4) is 0 Å². The van der Waals surface area contributed by atoms with Gasteiger partial charge in [0.1, 0.15) is 0 Å². The van der Waals surface area contributed by atoms with Crippen LogP contribution in [0.4, 0.5) is 0 Å². The molecule has 0 saturated heterocycles. The normalized spacial score (nSPS) is 8.86. The number of methoxy groups -OCH3 is 1. The van der Waals surface area contributed by atoms with E-state index in [1.165, 1.54) is 19.4 Å². The van der Waals surface area contributed by atoms with Gasteiger partial charge in [0, 0.05) is 0 Å². The molecule has 0 amide bonds. The topological polar surface area (TPSA) is 9.23 Å². The molecule has 1 nitrogen and oxygen atoms in total. The summed E-state index contributed by atoms with van der Waals surface area (Å²) in [6.45, 7) is 3.51. The van der Waals surface area contributed by atoms with Gasteiger partial charge in [-0.15, -0.1) is 0 Å². The molecule has 0 N–H and O–H groups in total. The fraction of sp³-hybridized carbons (Fsp3) is 0.200. The summed E-state index contributed by atoms with van der Waals surface area (Å²) in [7, 11) is 1.66. The van der Waals surface area contributed by atoms with Crippen molar-refractivity contribution < 1.29 is 24.1 Å². The van der Waals surface area contributed by atoms with Crippen molar-refractivity contribution in [2.75, 3.05) is 7.11 Å². The van der Waals surface area contributed by atoms with Crippen molar-refractivity contribution in [2.45, 2.75) is 0 Å². The number of hydrogen-bond acceptors (Lipinski definition) is 1. The van der Waals surface area contributed by atoms with E-state index >= 15 is 0 Å². The standard InChI is InChI=1S/C5H7O.W/c1-3-4-5-6-2;/h3-4H,1H2,2H3;. The van der Waals surface area contributed by atoms with Gasteiger partial charge in [0.05, 0.1) is 0 Å².